The number of carbonyl (C=O) groups is 4. The highest BCUT2D eigenvalue weighted by Gasteiger charge is 2.40. The van der Waals surface area contributed by atoms with Gasteiger partial charge in [0.2, 0.25) is 11.8 Å². The van der Waals surface area contributed by atoms with Gasteiger partial charge in [0.1, 0.15) is 17.6 Å². The minimum Gasteiger partial charge on any atom is -0.322 e. The highest BCUT2D eigenvalue weighted by molar-refractivity contribution is 7.10. The van der Waals surface area contributed by atoms with Gasteiger partial charge in [-0.1, -0.05) is 0 Å². The minimum atomic E-state index is -0.621. The second-order valence-corrected chi connectivity index (χ2v) is 8.69. The number of aryl methyl sites for hydroxylation is 3. The molecule has 2 aliphatic rings. The smallest absolute Gasteiger partial charge is 0.256 e. The maximum Gasteiger partial charge on any atom is 0.256 e. The molecule has 30 heavy (non-hydrogen) atoms. The maximum absolute atomic E-state index is 12.8. The summed E-state index contributed by atoms with van der Waals surface area (Å²) in [6.45, 7) is 4.16. The zero-order valence-corrected chi connectivity index (χ0v) is 17.7. The molecule has 0 aromatic carbocycles. The van der Waals surface area contributed by atoms with Crippen LogP contribution in [0.3, 0.4) is 0 Å². The van der Waals surface area contributed by atoms with Crippen molar-refractivity contribution in [1.82, 2.24) is 20.2 Å². The topological polar surface area (TPSA) is 109 Å². The summed E-state index contributed by atoms with van der Waals surface area (Å²) in [5.41, 5.74) is 3.36. The van der Waals surface area contributed by atoms with Crippen LogP contribution >= 0.6 is 11.3 Å². The van der Waals surface area contributed by atoms with Gasteiger partial charge in [-0.3, -0.25) is 24.5 Å². The van der Waals surface area contributed by atoms with E-state index in [9.17, 15) is 19.2 Å². The number of aromatic nitrogens is 2. The van der Waals surface area contributed by atoms with Gasteiger partial charge in [-0.2, -0.15) is 0 Å². The van der Waals surface area contributed by atoms with Crippen LogP contribution in [0, 0.1) is 13.8 Å². The molecular formula is C21H22N4O4S. The second-order valence-electron chi connectivity index (χ2n) is 7.72. The van der Waals surface area contributed by atoms with E-state index in [-0.39, 0.29) is 30.4 Å². The molecule has 9 heteroatoms. The molecule has 1 fully saturated rings. The van der Waals surface area contributed by atoms with E-state index in [1.807, 2.05) is 13.8 Å². The van der Waals surface area contributed by atoms with Crippen LogP contribution in [0.2, 0.25) is 0 Å². The van der Waals surface area contributed by atoms with Gasteiger partial charge in [-0.05, 0) is 37.8 Å². The number of rotatable bonds is 6. The van der Waals surface area contributed by atoms with E-state index in [1.165, 1.54) is 16.2 Å². The lowest BCUT2D eigenvalue weighted by Gasteiger charge is -2.29. The Hall–Kier alpha value is -2.94. The van der Waals surface area contributed by atoms with Crippen LogP contribution in [0.1, 0.15) is 57.1 Å². The van der Waals surface area contributed by atoms with Crippen LogP contribution in [0.4, 0.5) is 0 Å². The number of Topliss-reactive ketones (excluding diaryl/α,β-unsaturated/α-hetero) is 1. The summed E-state index contributed by atoms with van der Waals surface area (Å²) in [5, 5.41) is 4.11. The van der Waals surface area contributed by atoms with Crippen molar-refractivity contribution in [2.24, 2.45) is 0 Å². The molecule has 0 radical (unpaired) electrons. The summed E-state index contributed by atoms with van der Waals surface area (Å²) in [4.78, 5) is 59.8. The third-order valence-electron chi connectivity index (χ3n) is 5.65. The number of hydrogen-bond donors (Lipinski definition) is 1. The molecule has 3 amide bonds. The van der Waals surface area contributed by atoms with Crippen molar-refractivity contribution < 1.29 is 19.2 Å². The Bertz CT molecular complexity index is 1060. The fourth-order valence-corrected chi connectivity index (χ4v) is 4.83. The van der Waals surface area contributed by atoms with Gasteiger partial charge in [0.25, 0.3) is 5.91 Å². The Morgan fingerprint density at radius 1 is 1.30 bits per heavy atom. The molecule has 0 saturated carbocycles. The molecule has 0 bridgehead atoms. The Labute approximate surface area is 177 Å². The summed E-state index contributed by atoms with van der Waals surface area (Å²) in [5.74, 6) is -0.329. The van der Waals surface area contributed by atoms with E-state index in [2.05, 4.69) is 15.3 Å². The number of piperidine rings is 1. The van der Waals surface area contributed by atoms with E-state index in [1.54, 1.807) is 11.6 Å². The molecule has 4 rings (SSSR count). The van der Waals surface area contributed by atoms with Gasteiger partial charge in [0, 0.05) is 41.5 Å². The first-order valence-corrected chi connectivity index (χ1v) is 10.8. The summed E-state index contributed by atoms with van der Waals surface area (Å²) >= 11 is 1.47. The minimum absolute atomic E-state index is 0.0479. The van der Waals surface area contributed by atoms with Gasteiger partial charge in [-0.25, -0.2) is 9.97 Å². The third kappa shape index (κ3) is 3.89. The lowest BCUT2D eigenvalue weighted by molar-refractivity contribution is -0.137. The quantitative estimate of drug-likeness (QED) is 0.704. The van der Waals surface area contributed by atoms with Gasteiger partial charge < -0.3 is 4.90 Å². The average Bonchev–Trinajstić information content (AvgIpc) is 3.23. The molecule has 1 atom stereocenters. The second kappa shape index (κ2) is 8.06. The molecule has 4 heterocycles. The average molecular weight is 426 g/mol. The van der Waals surface area contributed by atoms with Crippen molar-refractivity contribution >= 4 is 34.8 Å². The first-order valence-electron chi connectivity index (χ1n) is 9.88. The van der Waals surface area contributed by atoms with Crippen molar-refractivity contribution in [3.63, 3.8) is 0 Å². The number of fused-ring (bicyclic) bond motifs is 1. The van der Waals surface area contributed by atoms with Gasteiger partial charge >= 0.3 is 0 Å². The molecule has 1 unspecified atom stereocenters. The highest BCUT2D eigenvalue weighted by atomic mass is 32.1. The number of hydrogen-bond acceptors (Lipinski definition) is 7. The predicted octanol–water partition coefficient (Wildman–Crippen LogP) is 1.66. The van der Waals surface area contributed by atoms with Crippen molar-refractivity contribution in [3.8, 4) is 0 Å². The molecule has 2 aliphatic heterocycles. The first kappa shape index (κ1) is 20.3. The fraction of sp³-hybridized carbons (Fsp3) is 0.429. The summed E-state index contributed by atoms with van der Waals surface area (Å²) in [6.07, 6.45) is 3.38. The van der Waals surface area contributed by atoms with E-state index in [4.69, 9.17) is 0 Å². The van der Waals surface area contributed by atoms with Crippen LogP contribution in [0.5, 0.6) is 0 Å². The molecule has 2 aromatic heterocycles. The van der Waals surface area contributed by atoms with Crippen LogP contribution in [-0.4, -0.2) is 44.4 Å². The van der Waals surface area contributed by atoms with Crippen molar-refractivity contribution in [2.45, 2.75) is 58.5 Å². The number of carbonyl (C=O) groups excluding carboxylic acids is 4. The standard InChI is InChI=1S/C21H22N4O4S/c1-11-8-22-18(23-12(11)2)7-13(26)3-5-17-14-9-25(21(29)15(14)10-30-17)16-4-6-19(27)24-20(16)28/h8,10,16H,3-7,9H2,1-2H3,(H,24,27,28). The van der Waals surface area contributed by atoms with Crippen LogP contribution in [0.15, 0.2) is 11.6 Å². The molecular weight excluding hydrogens is 404 g/mol. The SMILES string of the molecule is Cc1cnc(CC(=O)CCc2scc3c2CN(C2CCC(=O)NC2=O)C3=O)nc1C. The van der Waals surface area contributed by atoms with Gasteiger partial charge in [0.15, 0.2) is 0 Å². The van der Waals surface area contributed by atoms with E-state index < -0.39 is 11.9 Å². The Morgan fingerprint density at radius 3 is 2.83 bits per heavy atom. The summed E-state index contributed by atoms with van der Waals surface area (Å²) < 4.78 is 0. The van der Waals surface area contributed by atoms with Crippen LogP contribution < -0.4 is 5.32 Å². The zero-order chi connectivity index (χ0) is 21.4. The number of amides is 3. The van der Waals surface area contributed by atoms with Crippen molar-refractivity contribution in [1.29, 1.82) is 0 Å². The van der Waals surface area contributed by atoms with E-state index in [0.717, 1.165) is 21.7 Å². The molecule has 0 aliphatic carbocycles. The fourth-order valence-electron chi connectivity index (χ4n) is 3.79. The first-order chi connectivity index (χ1) is 14.3. The molecule has 156 valence electrons. The number of imide groups is 1. The van der Waals surface area contributed by atoms with E-state index >= 15 is 0 Å². The summed E-state index contributed by atoms with van der Waals surface area (Å²) in [7, 11) is 0. The molecule has 0 spiro atoms. The van der Waals surface area contributed by atoms with Crippen molar-refractivity contribution in [3.05, 3.63) is 44.7 Å². The largest absolute Gasteiger partial charge is 0.322 e. The molecule has 1 saturated heterocycles. The Morgan fingerprint density at radius 2 is 2.10 bits per heavy atom. The summed E-state index contributed by atoms with van der Waals surface area (Å²) in [6, 6.07) is -0.621. The van der Waals surface area contributed by atoms with Crippen LogP contribution in [0.25, 0.3) is 0 Å². The number of thiophene rings is 1. The lowest BCUT2D eigenvalue weighted by Crippen LogP contribution is -2.52. The number of nitrogens with zero attached hydrogens (tertiary/aromatic N) is 3. The molecule has 8 nitrogen and oxygen atoms in total. The Kier molecular flexibility index (Phi) is 5.46. The third-order valence-corrected chi connectivity index (χ3v) is 6.74. The van der Waals surface area contributed by atoms with Gasteiger partial charge in [0.05, 0.1) is 12.0 Å². The van der Waals surface area contributed by atoms with E-state index in [0.29, 0.717) is 37.2 Å². The maximum atomic E-state index is 12.8. The predicted molar refractivity (Wildman–Crippen MR) is 109 cm³/mol. The monoisotopic (exact) mass is 426 g/mol. The van der Waals surface area contributed by atoms with Gasteiger partial charge in [-0.15, -0.1) is 11.3 Å². The zero-order valence-electron chi connectivity index (χ0n) is 16.9. The number of ketones is 1. The van der Waals surface area contributed by atoms with Crippen LogP contribution in [-0.2, 0) is 33.8 Å². The highest BCUT2D eigenvalue weighted by Crippen LogP contribution is 2.34. The lowest BCUT2D eigenvalue weighted by atomic mass is 10.0. The number of nitrogens with one attached hydrogen (secondary N) is 1. The molecule has 2 aromatic rings. The molecule has 1 N–H and O–H groups in total. The normalized spacial score (nSPS) is 18.5. The Balaban J connectivity index is 1.39. The van der Waals surface area contributed by atoms with Crippen molar-refractivity contribution in [2.75, 3.05) is 0 Å².